The van der Waals surface area contributed by atoms with Crippen molar-refractivity contribution in [1.82, 2.24) is 4.57 Å². The van der Waals surface area contributed by atoms with Crippen LogP contribution in [0, 0.1) is 11.3 Å². The lowest BCUT2D eigenvalue weighted by Crippen LogP contribution is -2.07. The van der Waals surface area contributed by atoms with Gasteiger partial charge in [-0.25, -0.2) is 4.79 Å². The molecule has 2 aromatic heterocycles. The van der Waals surface area contributed by atoms with Gasteiger partial charge in [-0.15, -0.1) is 0 Å². The number of anilines is 1. The maximum atomic E-state index is 12.4. The molecule has 2 aromatic carbocycles. The number of rotatable bonds is 5. The first-order valence-corrected chi connectivity index (χ1v) is 9.12. The summed E-state index contributed by atoms with van der Waals surface area (Å²) in [6.45, 7) is 0.601. The van der Waals surface area contributed by atoms with Crippen LogP contribution in [0.25, 0.3) is 27.9 Å². The molecule has 142 valence electrons. The first-order valence-electron chi connectivity index (χ1n) is 9.12. The minimum atomic E-state index is -0.411. The summed E-state index contributed by atoms with van der Waals surface area (Å²) in [4.78, 5) is 23.6. The van der Waals surface area contributed by atoms with E-state index in [-0.39, 0.29) is 5.91 Å². The molecule has 0 fully saturated rings. The van der Waals surface area contributed by atoms with E-state index < -0.39 is 5.63 Å². The van der Waals surface area contributed by atoms with Gasteiger partial charge in [0.15, 0.2) is 0 Å². The van der Waals surface area contributed by atoms with E-state index in [9.17, 15) is 9.59 Å². The van der Waals surface area contributed by atoms with Crippen molar-refractivity contribution in [3.05, 3.63) is 82.9 Å². The molecule has 1 N–H and O–H groups in total. The molecule has 0 bridgehead atoms. The minimum absolute atomic E-state index is 0.268. The zero-order chi connectivity index (χ0) is 20.2. The second kappa shape index (κ2) is 7.87. The number of nitriles is 1. The molecular formula is C23H17N3O3. The Kier molecular flexibility index (Phi) is 4.95. The van der Waals surface area contributed by atoms with E-state index in [1.165, 1.54) is 12.1 Å². The maximum absolute atomic E-state index is 12.4. The number of benzene rings is 2. The number of fused-ring (bicyclic) bond motifs is 2. The molecule has 0 unspecified atom stereocenters. The Morgan fingerprint density at radius 2 is 2.03 bits per heavy atom. The molecule has 0 radical (unpaired) electrons. The van der Waals surface area contributed by atoms with E-state index >= 15 is 0 Å². The van der Waals surface area contributed by atoms with E-state index in [0.717, 1.165) is 21.9 Å². The summed E-state index contributed by atoms with van der Waals surface area (Å²) < 4.78 is 7.11. The van der Waals surface area contributed by atoms with Gasteiger partial charge in [0.2, 0.25) is 5.91 Å². The summed E-state index contributed by atoms with van der Waals surface area (Å²) in [6.07, 6.45) is 5.61. The van der Waals surface area contributed by atoms with Crippen LogP contribution >= 0.6 is 0 Å². The maximum Gasteiger partial charge on any atom is 0.336 e. The third-order valence-corrected chi connectivity index (χ3v) is 4.59. The molecule has 0 saturated heterocycles. The van der Waals surface area contributed by atoms with Gasteiger partial charge in [0.25, 0.3) is 0 Å². The molecule has 29 heavy (non-hydrogen) atoms. The summed E-state index contributed by atoms with van der Waals surface area (Å²) >= 11 is 0. The fourth-order valence-electron chi connectivity index (χ4n) is 3.26. The predicted molar refractivity (Wildman–Crippen MR) is 112 cm³/mol. The van der Waals surface area contributed by atoms with Crippen LogP contribution in [-0.4, -0.2) is 10.5 Å². The lowest BCUT2D eigenvalue weighted by Gasteiger charge is -2.03. The number of hydrogen-bond acceptors (Lipinski definition) is 4. The first-order chi connectivity index (χ1) is 14.1. The highest BCUT2D eigenvalue weighted by atomic mass is 16.4. The van der Waals surface area contributed by atoms with Crippen LogP contribution in [0.4, 0.5) is 5.69 Å². The van der Waals surface area contributed by atoms with Crippen LogP contribution in [0.1, 0.15) is 12.0 Å². The van der Waals surface area contributed by atoms with Crippen LogP contribution in [0.5, 0.6) is 0 Å². The van der Waals surface area contributed by atoms with Crippen LogP contribution in [0.2, 0.25) is 0 Å². The van der Waals surface area contributed by atoms with Crippen molar-refractivity contribution in [3.63, 3.8) is 0 Å². The molecule has 4 aromatic rings. The molecular weight excluding hydrogens is 366 g/mol. The van der Waals surface area contributed by atoms with Crippen molar-refractivity contribution in [2.24, 2.45) is 0 Å². The number of aromatic nitrogens is 1. The fraction of sp³-hybridized carbons (Fsp3) is 0.0870. The van der Waals surface area contributed by atoms with Crippen LogP contribution < -0.4 is 10.9 Å². The number of amides is 1. The molecule has 6 nitrogen and oxygen atoms in total. The molecule has 2 heterocycles. The summed E-state index contributed by atoms with van der Waals surface area (Å²) in [7, 11) is 0. The van der Waals surface area contributed by atoms with Gasteiger partial charge < -0.3 is 14.3 Å². The van der Waals surface area contributed by atoms with Gasteiger partial charge in [0, 0.05) is 52.4 Å². The minimum Gasteiger partial charge on any atom is -0.423 e. The van der Waals surface area contributed by atoms with Crippen molar-refractivity contribution in [3.8, 4) is 6.07 Å². The molecule has 1 amide bonds. The Morgan fingerprint density at radius 3 is 2.90 bits per heavy atom. The third-order valence-electron chi connectivity index (χ3n) is 4.59. The standard InChI is InChI=1S/C23H17N3O3/c24-12-3-13-26-15-17(19-4-1-2-5-20(19)26)6-10-22(27)25-18-8-9-21-16(14-18)7-11-23(28)29-21/h1-2,4-11,14-15H,3,13H2,(H,25,27). The van der Waals surface area contributed by atoms with Gasteiger partial charge in [-0.1, -0.05) is 18.2 Å². The normalized spacial score (nSPS) is 11.1. The molecule has 0 aliphatic carbocycles. The molecule has 0 aliphatic heterocycles. The molecule has 4 rings (SSSR count). The van der Waals surface area contributed by atoms with E-state index in [1.54, 1.807) is 30.3 Å². The quantitative estimate of drug-likeness (QED) is 0.411. The second-order valence-corrected chi connectivity index (χ2v) is 6.53. The topological polar surface area (TPSA) is 88.0 Å². The monoisotopic (exact) mass is 383 g/mol. The van der Waals surface area contributed by atoms with Crippen molar-refractivity contribution in [1.29, 1.82) is 5.26 Å². The van der Waals surface area contributed by atoms with Crippen molar-refractivity contribution in [2.45, 2.75) is 13.0 Å². The zero-order valence-corrected chi connectivity index (χ0v) is 15.5. The smallest absolute Gasteiger partial charge is 0.336 e. The molecule has 6 heteroatoms. The van der Waals surface area contributed by atoms with Gasteiger partial charge in [0.05, 0.1) is 12.5 Å². The summed E-state index contributed by atoms with van der Waals surface area (Å²) in [5.74, 6) is -0.268. The number of para-hydroxylation sites is 1. The van der Waals surface area contributed by atoms with Crippen molar-refractivity contribution >= 4 is 39.5 Å². The molecule has 0 spiro atoms. The first kappa shape index (κ1) is 18.3. The van der Waals surface area contributed by atoms with Gasteiger partial charge in [-0.3, -0.25) is 4.79 Å². The lowest BCUT2D eigenvalue weighted by atomic mass is 10.1. The number of nitrogens with one attached hydrogen (secondary N) is 1. The van der Waals surface area contributed by atoms with Gasteiger partial charge in [-0.2, -0.15) is 5.26 Å². The van der Waals surface area contributed by atoms with E-state index in [0.29, 0.717) is 24.2 Å². The number of hydrogen-bond donors (Lipinski definition) is 1. The Bertz CT molecular complexity index is 1340. The Morgan fingerprint density at radius 1 is 1.17 bits per heavy atom. The average Bonchev–Trinajstić information content (AvgIpc) is 3.09. The Labute approximate surface area is 166 Å². The van der Waals surface area contributed by atoms with E-state index in [2.05, 4.69) is 11.4 Å². The number of carbonyl (C=O) groups is 1. The number of carbonyl (C=O) groups excluding carboxylic acids is 1. The third kappa shape index (κ3) is 3.94. The van der Waals surface area contributed by atoms with Crippen molar-refractivity contribution in [2.75, 3.05) is 5.32 Å². The average molecular weight is 383 g/mol. The molecule has 0 aliphatic rings. The fourth-order valence-corrected chi connectivity index (χ4v) is 3.26. The Hall–Kier alpha value is -4.11. The van der Waals surface area contributed by atoms with Crippen LogP contribution in [0.15, 0.2) is 76.1 Å². The van der Waals surface area contributed by atoms with Crippen molar-refractivity contribution < 1.29 is 9.21 Å². The van der Waals surface area contributed by atoms with Gasteiger partial charge in [-0.05, 0) is 36.4 Å². The SMILES string of the molecule is N#CCCn1cc(C=CC(=O)Nc2ccc3oc(=O)ccc3c2)c2ccccc21. The van der Waals surface area contributed by atoms with Crippen LogP contribution in [0.3, 0.4) is 0 Å². The molecule has 0 atom stereocenters. The van der Waals surface area contributed by atoms with E-state index in [1.807, 2.05) is 35.0 Å². The highest BCUT2D eigenvalue weighted by Gasteiger charge is 2.07. The second-order valence-electron chi connectivity index (χ2n) is 6.53. The van der Waals surface area contributed by atoms with Gasteiger partial charge >= 0.3 is 5.63 Å². The summed E-state index contributed by atoms with van der Waals surface area (Å²) in [5.41, 5.74) is 2.60. The highest BCUT2D eigenvalue weighted by molar-refractivity contribution is 6.04. The predicted octanol–water partition coefficient (Wildman–Crippen LogP) is 4.31. The van der Waals surface area contributed by atoms with Crippen LogP contribution in [-0.2, 0) is 11.3 Å². The highest BCUT2D eigenvalue weighted by Crippen LogP contribution is 2.23. The number of aryl methyl sites for hydroxylation is 1. The van der Waals surface area contributed by atoms with E-state index in [4.69, 9.17) is 9.68 Å². The Balaban J connectivity index is 1.55. The summed E-state index contributed by atoms with van der Waals surface area (Å²) in [6, 6.07) is 18.1. The summed E-state index contributed by atoms with van der Waals surface area (Å²) in [5, 5.41) is 13.4. The molecule has 0 saturated carbocycles. The lowest BCUT2D eigenvalue weighted by molar-refractivity contribution is -0.111. The largest absolute Gasteiger partial charge is 0.423 e. The zero-order valence-electron chi connectivity index (χ0n) is 15.5. The number of nitrogens with zero attached hydrogens (tertiary/aromatic N) is 2. The van der Waals surface area contributed by atoms with Gasteiger partial charge in [0.1, 0.15) is 5.58 Å².